The quantitative estimate of drug-likeness (QED) is 0.600. The van der Waals surface area contributed by atoms with E-state index in [-0.39, 0.29) is 38.4 Å². The van der Waals surface area contributed by atoms with Gasteiger partial charge in [-0.05, 0) is 12.1 Å². The van der Waals surface area contributed by atoms with E-state index in [1.165, 1.54) is 33.5 Å². The van der Waals surface area contributed by atoms with E-state index in [4.69, 9.17) is 37.4 Å². The van der Waals surface area contributed by atoms with Gasteiger partial charge in [0.2, 0.25) is 0 Å². The van der Waals surface area contributed by atoms with Crippen LogP contribution in [0.4, 0.5) is 10.1 Å². The number of rotatable bonds is 5. The molecule has 0 radical (unpaired) electrons. The lowest BCUT2D eigenvalue weighted by atomic mass is 10.1. The van der Waals surface area contributed by atoms with Crippen LogP contribution in [0.25, 0.3) is 0 Å². The zero-order chi connectivity index (χ0) is 19.4. The van der Waals surface area contributed by atoms with Gasteiger partial charge >= 0.3 is 5.97 Å². The molecule has 26 heavy (non-hydrogen) atoms. The number of anilines is 1. The summed E-state index contributed by atoms with van der Waals surface area (Å²) in [5.74, 6) is -1.73. The number of halogens is 3. The van der Waals surface area contributed by atoms with Crippen LogP contribution < -0.4 is 14.8 Å². The van der Waals surface area contributed by atoms with Crippen molar-refractivity contribution in [2.24, 2.45) is 0 Å². The summed E-state index contributed by atoms with van der Waals surface area (Å²) >= 11 is 11.6. The topological polar surface area (TPSA) is 73.9 Å². The molecule has 138 valence electrons. The Balaban J connectivity index is 2.49. The van der Waals surface area contributed by atoms with Gasteiger partial charge in [0.15, 0.2) is 11.5 Å². The Morgan fingerprint density at radius 3 is 2.12 bits per heavy atom. The van der Waals surface area contributed by atoms with E-state index in [2.05, 4.69) is 5.32 Å². The van der Waals surface area contributed by atoms with Crippen molar-refractivity contribution in [2.45, 2.75) is 0 Å². The van der Waals surface area contributed by atoms with Crippen molar-refractivity contribution in [1.82, 2.24) is 0 Å². The Labute approximate surface area is 158 Å². The molecule has 0 aliphatic heterocycles. The molecular weight excluding hydrogens is 388 g/mol. The van der Waals surface area contributed by atoms with E-state index >= 15 is 0 Å². The Kier molecular flexibility index (Phi) is 6.28. The van der Waals surface area contributed by atoms with Crippen molar-refractivity contribution < 1.29 is 28.2 Å². The van der Waals surface area contributed by atoms with Crippen LogP contribution in [0, 0.1) is 5.82 Å². The molecule has 2 rings (SSSR count). The van der Waals surface area contributed by atoms with Crippen LogP contribution in [0.1, 0.15) is 20.7 Å². The molecule has 0 bridgehead atoms. The molecule has 0 heterocycles. The first-order valence-corrected chi connectivity index (χ1v) is 7.88. The lowest BCUT2D eigenvalue weighted by Crippen LogP contribution is -2.16. The van der Waals surface area contributed by atoms with Gasteiger partial charge in [0.05, 0.1) is 48.2 Å². The second kappa shape index (κ2) is 8.25. The third kappa shape index (κ3) is 4.00. The molecule has 0 spiro atoms. The summed E-state index contributed by atoms with van der Waals surface area (Å²) in [6, 6.07) is 4.75. The number of benzene rings is 2. The Morgan fingerprint density at radius 1 is 0.923 bits per heavy atom. The summed E-state index contributed by atoms with van der Waals surface area (Å²) in [5, 5.41) is 2.22. The largest absolute Gasteiger partial charge is 0.493 e. The summed E-state index contributed by atoms with van der Waals surface area (Å²) in [6.07, 6.45) is 0. The molecule has 2 aromatic carbocycles. The summed E-state index contributed by atoms with van der Waals surface area (Å²) in [4.78, 5) is 24.5. The normalized spacial score (nSPS) is 10.2. The number of carbonyl (C=O) groups is 2. The highest BCUT2D eigenvalue weighted by Crippen LogP contribution is 2.34. The van der Waals surface area contributed by atoms with Crippen molar-refractivity contribution in [3.05, 3.63) is 51.3 Å². The molecule has 9 heteroatoms. The molecule has 1 N–H and O–H groups in total. The molecular formula is C17H14Cl2FNO5. The molecule has 0 saturated heterocycles. The summed E-state index contributed by atoms with van der Waals surface area (Å²) in [7, 11) is 3.98. The first kappa shape index (κ1) is 19.8. The van der Waals surface area contributed by atoms with E-state index < -0.39 is 17.7 Å². The summed E-state index contributed by atoms with van der Waals surface area (Å²) in [5.41, 5.74) is -0.0610. The molecule has 0 aliphatic rings. The fourth-order valence-electron chi connectivity index (χ4n) is 2.15. The van der Waals surface area contributed by atoms with Crippen molar-refractivity contribution in [2.75, 3.05) is 26.6 Å². The van der Waals surface area contributed by atoms with E-state index in [0.717, 1.165) is 12.1 Å². The lowest BCUT2D eigenvalue weighted by molar-refractivity contribution is 0.0601. The second-order valence-electron chi connectivity index (χ2n) is 4.94. The minimum absolute atomic E-state index is 0.0176. The van der Waals surface area contributed by atoms with Gasteiger partial charge in [0.25, 0.3) is 5.91 Å². The van der Waals surface area contributed by atoms with E-state index in [1.807, 2.05) is 0 Å². The number of hydrogen-bond acceptors (Lipinski definition) is 5. The zero-order valence-corrected chi connectivity index (χ0v) is 15.5. The van der Waals surface area contributed by atoms with Crippen LogP contribution in [0.5, 0.6) is 11.5 Å². The highest BCUT2D eigenvalue weighted by molar-refractivity contribution is 6.37. The van der Waals surface area contributed by atoms with E-state index in [9.17, 15) is 14.0 Å². The predicted molar refractivity (Wildman–Crippen MR) is 95.3 cm³/mol. The summed E-state index contributed by atoms with van der Waals surface area (Å²) in [6.45, 7) is 0. The average molecular weight is 402 g/mol. The van der Waals surface area contributed by atoms with Crippen molar-refractivity contribution in [1.29, 1.82) is 0 Å². The Bertz CT molecular complexity index is 873. The minimum atomic E-state index is -0.804. The van der Waals surface area contributed by atoms with Crippen LogP contribution in [-0.4, -0.2) is 33.2 Å². The van der Waals surface area contributed by atoms with Gasteiger partial charge in [-0.2, -0.15) is 0 Å². The number of methoxy groups -OCH3 is 3. The maximum absolute atomic E-state index is 13.7. The van der Waals surface area contributed by atoms with Gasteiger partial charge in [-0.3, -0.25) is 4.79 Å². The fraction of sp³-hybridized carbons (Fsp3) is 0.176. The monoisotopic (exact) mass is 401 g/mol. The molecule has 0 fully saturated rings. The highest BCUT2D eigenvalue weighted by atomic mass is 35.5. The first-order chi connectivity index (χ1) is 12.3. The smallest absolute Gasteiger partial charge is 0.340 e. The Hall–Kier alpha value is -2.51. The van der Waals surface area contributed by atoms with Crippen LogP contribution >= 0.6 is 23.2 Å². The number of carbonyl (C=O) groups excluding carboxylic acids is 2. The average Bonchev–Trinajstić information content (AvgIpc) is 2.63. The number of nitrogens with one attached hydrogen (secondary N) is 1. The van der Waals surface area contributed by atoms with Crippen molar-refractivity contribution >= 4 is 40.8 Å². The van der Waals surface area contributed by atoms with Gasteiger partial charge in [0.1, 0.15) is 5.82 Å². The molecule has 0 atom stereocenters. The molecule has 6 nitrogen and oxygen atoms in total. The third-order valence-electron chi connectivity index (χ3n) is 3.43. The molecule has 0 unspecified atom stereocenters. The molecule has 1 amide bonds. The molecule has 0 saturated carbocycles. The van der Waals surface area contributed by atoms with Crippen LogP contribution in [0.3, 0.4) is 0 Å². The van der Waals surface area contributed by atoms with Crippen LogP contribution in [0.15, 0.2) is 24.3 Å². The molecule has 0 aromatic heterocycles. The van der Waals surface area contributed by atoms with Crippen molar-refractivity contribution in [3.63, 3.8) is 0 Å². The Morgan fingerprint density at radius 2 is 1.54 bits per heavy atom. The van der Waals surface area contributed by atoms with E-state index in [1.54, 1.807) is 0 Å². The number of hydrogen-bond donors (Lipinski definition) is 1. The van der Waals surface area contributed by atoms with E-state index in [0.29, 0.717) is 0 Å². The predicted octanol–water partition coefficient (Wildman–Crippen LogP) is 4.19. The minimum Gasteiger partial charge on any atom is -0.493 e. The fourth-order valence-corrected chi connectivity index (χ4v) is 2.62. The summed E-state index contributed by atoms with van der Waals surface area (Å²) < 4.78 is 28.7. The van der Waals surface area contributed by atoms with Crippen molar-refractivity contribution in [3.8, 4) is 11.5 Å². The zero-order valence-electron chi connectivity index (χ0n) is 14.0. The van der Waals surface area contributed by atoms with Gasteiger partial charge in [-0.25, -0.2) is 9.18 Å². The van der Waals surface area contributed by atoms with Gasteiger partial charge in [-0.1, -0.05) is 23.2 Å². The van der Waals surface area contributed by atoms with Gasteiger partial charge in [0, 0.05) is 12.1 Å². The number of amides is 1. The molecule has 2 aromatic rings. The van der Waals surface area contributed by atoms with Crippen LogP contribution in [-0.2, 0) is 4.74 Å². The highest BCUT2D eigenvalue weighted by Gasteiger charge is 2.21. The first-order valence-electron chi connectivity index (χ1n) is 7.12. The standard InChI is InChI=1S/C17H14Cl2FNO5/c1-24-14-5-9(17(23)26-3)13(7-15(14)25-2)21-16(22)8-4-12(20)11(19)6-10(8)18/h4-7H,1-3H3,(H,21,22). The maximum Gasteiger partial charge on any atom is 0.340 e. The number of esters is 1. The SMILES string of the molecule is COC(=O)c1cc(OC)c(OC)cc1NC(=O)c1cc(F)c(Cl)cc1Cl. The van der Waals surface area contributed by atoms with Gasteiger partial charge in [-0.15, -0.1) is 0 Å². The maximum atomic E-state index is 13.7. The second-order valence-corrected chi connectivity index (χ2v) is 5.76. The number of ether oxygens (including phenoxy) is 3. The lowest BCUT2D eigenvalue weighted by Gasteiger charge is -2.15. The van der Waals surface area contributed by atoms with Gasteiger partial charge < -0.3 is 19.5 Å². The molecule has 0 aliphatic carbocycles. The van der Waals surface area contributed by atoms with Crippen LogP contribution in [0.2, 0.25) is 10.0 Å². The third-order valence-corrected chi connectivity index (χ3v) is 4.03.